The molecule has 0 saturated heterocycles. The molecule has 1 aromatic heterocycles. The molecule has 0 radical (unpaired) electrons. The van der Waals surface area contributed by atoms with Crippen LogP contribution >= 0.6 is 11.6 Å². The van der Waals surface area contributed by atoms with Crippen LogP contribution in [0.3, 0.4) is 0 Å². The summed E-state index contributed by atoms with van der Waals surface area (Å²) in [6.45, 7) is 0. The van der Waals surface area contributed by atoms with Crippen LogP contribution in [0.15, 0.2) is 12.3 Å². The van der Waals surface area contributed by atoms with E-state index in [2.05, 4.69) is 4.98 Å². The van der Waals surface area contributed by atoms with Crippen LogP contribution in [0.25, 0.3) is 0 Å². The topological polar surface area (TPSA) is 36.7 Å². The zero-order valence-electron chi connectivity index (χ0n) is 6.47. The Bertz CT molecular complexity index is 346. The Kier molecular flexibility index (Phi) is 3.15. The summed E-state index contributed by atoms with van der Waals surface area (Å²) in [5, 5.41) is 8.11. The van der Waals surface area contributed by atoms with Crippen molar-refractivity contribution in [3.8, 4) is 6.07 Å². The van der Waals surface area contributed by atoms with Gasteiger partial charge in [0.05, 0.1) is 18.1 Å². The van der Waals surface area contributed by atoms with Crippen molar-refractivity contribution >= 4 is 11.6 Å². The zero-order chi connectivity index (χ0) is 9.84. The van der Waals surface area contributed by atoms with Gasteiger partial charge in [-0.25, -0.2) is 13.8 Å². The van der Waals surface area contributed by atoms with Gasteiger partial charge in [-0.15, -0.1) is 0 Å². The maximum absolute atomic E-state index is 12.2. The molecule has 0 atom stereocenters. The fraction of sp³-hybridized carbons (Fsp3) is 0.250. The summed E-state index contributed by atoms with van der Waals surface area (Å²) in [7, 11) is 0. The molecule has 0 unspecified atom stereocenters. The maximum Gasteiger partial charge on any atom is 0.266 e. The number of hydrogen-bond acceptors (Lipinski definition) is 2. The number of pyridine rings is 1. The number of halogens is 3. The van der Waals surface area contributed by atoms with Crippen molar-refractivity contribution in [2.75, 3.05) is 0 Å². The summed E-state index contributed by atoms with van der Waals surface area (Å²) in [5.41, 5.74) is 0.122. The van der Waals surface area contributed by atoms with Gasteiger partial charge in [-0.3, -0.25) is 0 Å². The number of alkyl halides is 2. The van der Waals surface area contributed by atoms with Gasteiger partial charge in [0.1, 0.15) is 5.15 Å². The summed E-state index contributed by atoms with van der Waals surface area (Å²) in [6, 6.07) is 3.04. The highest BCUT2D eigenvalue weighted by molar-refractivity contribution is 6.30. The van der Waals surface area contributed by atoms with Crippen molar-refractivity contribution < 1.29 is 8.78 Å². The first kappa shape index (κ1) is 9.87. The van der Waals surface area contributed by atoms with E-state index in [1.54, 1.807) is 0 Å². The molecule has 1 rings (SSSR count). The largest absolute Gasteiger partial charge is 0.266 e. The molecule has 0 N–H and O–H groups in total. The molecule has 5 heteroatoms. The Hall–Kier alpha value is -1.21. The number of rotatable bonds is 2. The lowest BCUT2D eigenvalue weighted by Gasteiger charge is -2.02. The molecule has 0 aliphatic rings. The van der Waals surface area contributed by atoms with E-state index in [1.165, 1.54) is 12.3 Å². The molecule has 0 fully saturated rings. The van der Waals surface area contributed by atoms with E-state index in [-0.39, 0.29) is 17.1 Å². The number of nitrogens with zero attached hydrogens (tertiary/aromatic N) is 2. The van der Waals surface area contributed by atoms with Gasteiger partial charge in [-0.05, 0) is 11.6 Å². The van der Waals surface area contributed by atoms with Gasteiger partial charge in [0.15, 0.2) is 0 Å². The van der Waals surface area contributed by atoms with E-state index in [9.17, 15) is 8.78 Å². The lowest BCUT2D eigenvalue weighted by Crippen LogP contribution is -1.92. The minimum atomic E-state index is -2.65. The van der Waals surface area contributed by atoms with Crippen LogP contribution in [0.2, 0.25) is 5.15 Å². The average Bonchev–Trinajstić information content (AvgIpc) is 2.08. The van der Waals surface area contributed by atoms with Crippen LogP contribution in [0, 0.1) is 11.3 Å². The van der Waals surface area contributed by atoms with E-state index in [0.717, 1.165) is 0 Å². The third-order valence-electron chi connectivity index (χ3n) is 1.44. The van der Waals surface area contributed by atoms with Crippen molar-refractivity contribution in [3.05, 3.63) is 28.5 Å². The molecule has 0 spiro atoms. The first-order valence-electron chi connectivity index (χ1n) is 3.44. The standard InChI is InChI=1S/C8H5ClF2N2/c9-7-6(8(10)11)3-5(1-2-12)4-13-7/h3-4,8H,1H2. The van der Waals surface area contributed by atoms with Crippen LogP contribution in [-0.2, 0) is 6.42 Å². The molecule has 68 valence electrons. The van der Waals surface area contributed by atoms with Crippen molar-refractivity contribution in [3.63, 3.8) is 0 Å². The molecule has 0 aromatic carbocycles. The lowest BCUT2D eigenvalue weighted by molar-refractivity contribution is 0.151. The highest BCUT2D eigenvalue weighted by Gasteiger charge is 2.13. The molecule has 0 bridgehead atoms. The third kappa shape index (κ3) is 2.36. The van der Waals surface area contributed by atoms with Crippen LogP contribution < -0.4 is 0 Å². The van der Waals surface area contributed by atoms with Crippen molar-refractivity contribution in [2.24, 2.45) is 0 Å². The van der Waals surface area contributed by atoms with E-state index >= 15 is 0 Å². The molecule has 2 nitrogen and oxygen atoms in total. The molecule has 1 heterocycles. The molecule has 13 heavy (non-hydrogen) atoms. The summed E-state index contributed by atoms with van der Waals surface area (Å²) >= 11 is 5.42. The van der Waals surface area contributed by atoms with Gasteiger partial charge >= 0.3 is 0 Å². The quantitative estimate of drug-likeness (QED) is 0.692. The summed E-state index contributed by atoms with van der Waals surface area (Å²) in [6.07, 6.45) is -1.28. The zero-order valence-corrected chi connectivity index (χ0v) is 7.22. The van der Waals surface area contributed by atoms with Gasteiger partial charge in [0.2, 0.25) is 0 Å². The van der Waals surface area contributed by atoms with Gasteiger partial charge in [-0.2, -0.15) is 5.26 Å². The number of hydrogen-bond donors (Lipinski definition) is 0. The maximum atomic E-state index is 12.2. The van der Waals surface area contributed by atoms with Crippen LogP contribution in [0.4, 0.5) is 8.78 Å². The SMILES string of the molecule is N#CCc1cnc(Cl)c(C(F)F)c1. The molecule has 0 amide bonds. The van der Waals surface area contributed by atoms with Crippen molar-refractivity contribution in [1.29, 1.82) is 5.26 Å². The first-order valence-corrected chi connectivity index (χ1v) is 3.82. The highest BCUT2D eigenvalue weighted by Crippen LogP contribution is 2.25. The predicted octanol–water partition coefficient (Wildman–Crippen LogP) is 2.74. The normalized spacial score (nSPS) is 10.1. The predicted molar refractivity (Wildman–Crippen MR) is 43.5 cm³/mol. The molecule has 0 saturated carbocycles. The molecule has 0 aliphatic heterocycles. The lowest BCUT2D eigenvalue weighted by atomic mass is 10.2. The highest BCUT2D eigenvalue weighted by atomic mass is 35.5. The Labute approximate surface area is 78.8 Å². The Morgan fingerprint density at radius 2 is 2.31 bits per heavy atom. The Morgan fingerprint density at radius 1 is 1.62 bits per heavy atom. The summed E-state index contributed by atoms with van der Waals surface area (Å²) < 4.78 is 24.5. The Morgan fingerprint density at radius 3 is 2.85 bits per heavy atom. The number of nitriles is 1. The third-order valence-corrected chi connectivity index (χ3v) is 1.76. The van der Waals surface area contributed by atoms with E-state index < -0.39 is 6.43 Å². The van der Waals surface area contributed by atoms with E-state index in [1.807, 2.05) is 6.07 Å². The van der Waals surface area contributed by atoms with Gasteiger partial charge in [0, 0.05) is 6.20 Å². The van der Waals surface area contributed by atoms with Gasteiger partial charge < -0.3 is 0 Å². The average molecular weight is 203 g/mol. The molecule has 0 aliphatic carbocycles. The van der Waals surface area contributed by atoms with Crippen LogP contribution in [0.1, 0.15) is 17.6 Å². The second-order valence-corrected chi connectivity index (χ2v) is 2.72. The molecular weight excluding hydrogens is 198 g/mol. The van der Waals surface area contributed by atoms with E-state index in [4.69, 9.17) is 16.9 Å². The smallest absolute Gasteiger partial charge is 0.244 e. The summed E-state index contributed by atoms with van der Waals surface area (Å²) in [5.74, 6) is 0. The fourth-order valence-electron chi connectivity index (χ4n) is 0.852. The molecular formula is C8H5ClF2N2. The van der Waals surface area contributed by atoms with Crippen LogP contribution in [-0.4, -0.2) is 4.98 Å². The van der Waals surface area contributed by atoms with E-state index in [0.29, 0.717) is 5.56 Å². The van der Waals surface area contributed by atoms with Gasteiger partial charge in [0.25, 0.3) is 6.43 Å². The minimum Gasteiger partial charge on any atom is -0.244 e. The second-order valence-electron chi connectivity index (χ2n) is 2.36. The van der Waals surface area contributed by atoms with Crippen LogP contribution in [0.5, 0.6) is 0 Å². The van der Waals surface area contributed by atoms with Crippen molar-refractivity contribution in [2.45, 2.75) is 12.8 Å². The fourth-order valence-corrected chi connectivity index (χ4v) is 1.04. The van der Waals surface area contributed by atoms with Crippen molar-refractivity contribution in [1.82, 2.24) is 4.98 Å². The Balaban J connectivity index is 3.05. The summed E-state index contributed by atoms with van der Waals surface area (Å²) in [4.78, 5) is 3.55. The monoisotopic (exact) mass is 202 g/mol. The number of aromatic nitrogens is 1. The second kappa shape index (κ2) is 4.15. The first-order chi connectivity index (χ1) is 6.15. The minimum absolute atomic E-state index is 0.0594. The van der Waals surface area contributed by atoms with Gasteiger partial charge in [-0.1, -0.05) is 11.6 Å². The molecule has 1 aromatic rings.